The molecule has 2 aromatic rings. The Labute approximate surface area is 123 Å². The van der Waals surface area contributed by atoms with Gasteiger partial charge in [0.05, 0.1) is 5.69 Å². The van der Waals surface area contributed by atoms with E-state index in [2.05, 4.69) is 26.2 Å². The van der Waals surface area contributed by atoms with E-state index in [4.69, 9.17) is 5.11 Å². The molecule has 2 rings (SSSR count). The van der Waals surface area contributed by atoms with Gasteiger partial charge in [0.1, 0.15) is 11.2 Å². The number of aliphatic carboxylic acids is 1. The molecule has 0 bridgehead atoms. The summed E-state index contributed by atoms with van der Waals surface area (Å²) in [5.74, 6) is -0.959. The van der Waals surface area contributed by atoms with Crippen LogP contribution in [-0.2, 0) is 11.3 Å². The monoisotopic (exact) mass is 339 g/mol. The van der Waals surface area contributed by atoms with Crippen molar-refractivity contribution in [2.24, 2.45) is 0 Å². The number of nitrogens with zero attached hydrogens (tertiary/aromatic N) is 2. The Hall–Kier alpha value is -1.73. The minimum Gasteiger partial charge on any atom is -0.480 e. The molecule has 2 heterocycles. The van der Waals surface area contributed by atoms with E-state index in [0.717, 1.165) is 4.47 Å². The number of pyridine rings is 1. The van der Waals surface area contributed by atoms with Gasteiger partial charge in [-0.3, -0.25) is 19.3 Å². The molecule has 0 aliphatic carbocycles. The van der Waals surface area contributed by atoms with Crippen molar-refractivity contribution in [2.75, 3.05) is 0 Å². The molecular formula is C13H14BrN3O3. The number of halogens is 1. The lowest BCUT2D eigenvalue weighted by Crippen LogP contribution is -2.46. The van der Waals surface area contributed by atoms with Gasteiger partial charge < -0.3 is 5.11 Å². The fourth-order valence-corrected chi connectivity index (χ4v) is 1.94. The number of aromatic nitrogens is 2. The highest BCUT2D eigenvalue weighted by molar-refractivity contribution is 9.10. The Morgan fingerprint density at radius 1 is 1.50 bits per heavy atom. The fourth-order valence-electron chi connectivity index (χ4n) is 1.60. The van der Waals surface area contributed by atoms with Crippen LogP contribution in [0.3, 0.4) is 0 Å². The first-order chi connectivity index (χ1) is 9.29. The van der Waals surface area contributed by atoms with Gasteiger partial charge in [0.15, 0.2) is 0 Å². The van der Waals surface area contributed by atoms with Crippen molar-refractivity contribution in [2.45, 2.75) is 25.9 Å². The molecule has 0 saturated heterocycles. The highest BCUT2D eigenvalue weighted by Gasteiger charge is 2.26. The van der Waals surface area contributed by atoms with Gasteiger partial charge >= 0.3 is 5.97 Å². The molecule has 0 radical (unpaired) electrons. The van der Waals surface area contributed by atoms with E-state index in [1.807, 2.05) is 0 Å². The second-order valence-corrected chi connectivity index (χ2v) is 5.86. The lowest BCUT2D eigenvalue weighted by atomic mass is 10.1. The minimum atomic E-state index is -1.08. The smallest absolute Gasteiger partial charge is 0.323 e. The van der Waals surface area contributed by atoms with Crippen LogP contribution in [0.2, 0.25) is 0 Å². The quantitative estimate of drug-likeness (QED) is 0.879. The van der Waals surface area contributed by atoms with E-state index in [1.165, 1.54) is 10.5 Å². The zero-order chi connectivity index (χ0) is 14.9. The largest absolute Gasteiger partial charge is 0.480 e. The molecule has 20 heavy (non-hydrogen) atoms. The van der Waals surface area contributed by atoms with Crippen LogP contribution < -0.4 is 10.9 Å². The maximum atomic E-state index is 12.0. The Bertz CT molecular complexity index is 724. The Morgan fingerprint density at radius 3 is 2.85 bits per heavy atom. The SMILES string of the molecule is CC(C)(NCc1cc(=O)n2cc(Br)ccc2n1)C(=O)O. The number of fused-ring (bicyclic) bond motifs is 1. The van der Waals surface area contributed by atoms with Crippen LogP contribution in [0.5, 0.6) is 0 Å². The summed E-state index contributed by atoms with van der Waals surface area (Å²) in [4.78, 5) is 27.3. The average molecular weight is 340 g/mol. The van der Waals surface area contributed by atoms with Gasteiger partial charge in [-0.05, 0) is 41.9 Å². The van der Waals surface area contributed by atoms with Crippen molar-refractivity contribution in [1.29, 1.82) is 0 Å². The molecule has 6 nitrogen and oxygen atoms in total. The molecule has 2 aromatic heterocycles. The highest BCUT2D eigenvalue weighted by Crippen LogP contribution is 2.10. The van der Waals surface area contributed by atoms with E-state index >= 15 is 0 Å². The molecule has 7 heteroatoms. The van der Waals surface area contributed by atoms with Crippen LogP contribution in [0, 0.1) is 0 Å². The molecule has 0 fully saturated rings. The number of nitrogens with one attached hydrogen (secondary N) is 1. The standard InChI is InChI=1S/C13H14BrN3O3/c1-13(2,12(19)20)15-6-9-5-11(18)17-7-8(14)3-4-10(17)16-9/h3-5,7,15H,6H2,1-2H3,(H,19,20). The average Bonchev–Trinajstić information content (AvgIpc) is 2.37. The first-order valence-electron chi connectivity index (χ1n) is 5.96. The summed E-state index contributed by atoms with van der Waals surface area (Å²) in [5, 5.41) is 11.9. The van der Waals surface area contributed by atoms with Gasteiger partial charge in [0, 0.05) is 23.3 Å². The van der Waals surface area contributed by atoms with Crippen LogP contribution >= 0.6 is 15.9 Å². The molecule has 0 atom stereocenters. The number of carboxylic acids is 1. The van der Waals surface area contributed by atoms with Crippen molar-refractivity contribution in [3.63, 3.8) is 0 Å². The third-order valence-electron chi connectivity index (χ3n) is 2.92. The van der Waals surface area contributed by atoms with Gasteiger partial charge in [0.2, 0.25) is 0 Å². The van der Waals surface area contributed by atoms with Crippen molar-refractivity contribution in [3.8, 4) is 0 Å². The van der Waals surface area contributed by atoms with Crippen LogP contribution in [0.4, 0.5) is 0 Å². The lowest BCUT2D eigenvalue weighted by molar-refractivity contribution is -0.143. The summed E-state index contributed by atoms with van der Waals surface area (Å²) in [7, 11) is 0. The Kier molecular flexibility index (Phi) is 3.92. The first kappa shape index (κ1) is 14.7. The van der Waals surface area contributed by atoms with Gasteiger partial charge in [0.25, 0.3) is 5.56 Å². The maximum Gasteiger partial charge on any atom is 0.323 e. The van der Waals surface area contributed by atoms with E-state index in [9.17, 15) is 9.59 Å². The second kappa shape index (κ2) is 5.34. The second-order valence-electron chi connectivity index (χ2n) is 4.94. The Morgan fingerprint density at radius 2 is 2.20 bits per heavy atom. The third kappa shape index (κ3) is 3.05. The summed E-state index contributed by atoms with van der Waals surface area (Å²) in [6, 6.07) is 4.90. The molecule has 106 valence electrons. The predicted octanol–water partition coefficient (Wildman–Crippen LogP) is 1.41. The highest BCUT2D eigenvalue weighted by atomic mass is 79.9. The molecule has 0 aliphatic rings. The summed E-state index contributed by atoms with van der Waals surface area (Å²) in [6.45, 7) is 3.32. The molecule has 0 spiro atoms. The number of carboxylic acid groups (broad SMARTS) is 1. The predicted molar refractivity (Wildman–Crippen MR) is 77.7 cm³/mol. The summed E-state index contributed by atoms with van der Waals surface area (Å²) < 4.78 is 2.21. The van der Waals surface area contributed by atoms with Crippen LogP contribution in [-0.4, -0.2) is 26.0 Å². The van der Waals surface area contributed by atoms with Gasteiger partial charge in [-0.25, -0.2) is 4.98 Å². The topological polar surface area (TPSA) is 83.7 Å². The zero-order valence-electron chi connectivity index (χ0n) is 11.1. The first-order valence-corrected chi connectivity index (χ1v) is 6.75. The fraction of sp³-hybridized carbons (Fsp3) is 0.308. The Balaban J connectivity index is 2.31. The van der Waals surface area contributed by atoms with E-state index in [-0.39, 0.29) is 12.1 Å². The van der Waals surface area contributed by atoms with Crippen molar-refractivity contribution in [1.82, 2.24) is 14.7 Å². The van der Waals surface area contributed by atoms with Crippen LogP contribution in [0.1, 0.15) is 19.5 Å². The molecule has 0 aliphatic heterocycles. The molecule has 2 N–H and O–H groups in total. The molecule has 0 aromatic carbocycles. The van der Waals surface area contributed by atoms with Crippen LogP contribution in [0.25, 0.3) is 5.65 Å². The number of hydrogen-bond acceptors (Lipinski definition) is 4. The van der Waals surface area contributed by atoms with Gasteiger partial charge in [-0.1, -0.05) is 0 Å². The van der Waals surface area contributed by atoms with Gasteiger partial charge in [-0.15, -0.1) is 0 Å². The van der Waals surface area contributed by atoms with Crippen molar-refractivity contribution >= 4 is 27.5 Å². The molecule has 0 saturated carbocycles. The van der Waals surface area contributed by atoms with Gasteiger partial charge in [-0.2, -0.15) is 0 Å². The molecular weight excluding hydrogens is 326 g/mol. The summed E-state index contributed by atoms with van der Waals surface area (Å²) >= 11 is 3.29. The van der Waals surface area contributed by atoms with Crippen LogP contribution in [0.15, 0.2) is 33.7 Å². The van der Waals surface area contributed by atoms with E-state index in [0.29, 0.717) is 11.3 Å². The van der Waals surface area contributed by atoms with Crippen molar-refractivity contribution < 1.29 is 9.90 Å². The zero-order valence-corrected chi connectivity index (χ0v) is 12.6. The lowest BCUT2D eigenvalue weighted by Gasteiger charge is -2.20. The normalized spacial score (nSPS) is 11.8. The number of carbonyl (C=O) groups is 1. The van der Waals surface area contributed by atoms with Crippen molar-refractivity contribution in [3.05, 3.63) is 44.9 Å². The number of rotatable bonds is 4. The minimum absolute atomic E-state index is 0.207. The maximum absolute atomic E-state index is 12.0. The van der Waals surface area contributed by atoms with E-state index < -0.39 is 11.5 Å². The molecule has 0 amide bonds. The summed E-state index contributed by atoms with van der Waals surface area (Å²) in [6.07, 6.45) is 1.64. The molecule has 0 unspecified atom stereocenters. The third-order valence-corrected chi connectivity index (χ3v) is 3.39. The number of hydrogen-bond donors (Lipinski definition) is 2. The summed E-state index contributed by atoms with van der Waals surface area (Å²) in [5.41, 5.74) is -0.259. The van der Waals surface area contributed by atoms with E-state index in [1.54, 1.807) is 32.2 Å².